The van der Waals surface area contributed by atoms with Gasteiger partial charge in [-0.05, 0) is 46.7 Å². The van der Waals surface area contributed by atoms with Crippen LogP contribution in [0.3, 0.4) is 0 Å². The van der Waals surface area contributed by atoms with E-state index >= 15 is 0 Å². The maximum absolute atomic E-state index is 5.15. The standard InChI is InChI=1S/C14H32N2O/c1-6-15-14(4)9-7-8-10-16(13(2)3)11-12-17-5/h13-15H,6-12H2,1-5H3. The molecule has 0 spiro atoms. The summed E-state index contributed by atoms with van der Waals surface area (Å²) in [6, 6.07) is 1.28. The average Bonchev–Trinajstić information content (AvgIpc) is 2.28. The summed E-state index contributed by atoms with van der Waals surface area (Å²) >= 11 is 0. The van der Waals surface area contributed by atoms with Crippen LogP contribution in [0, 0.1) is 0 Å². The number of rotatable bonds is 11. The molecule has 0 fully saturated rings. The fourth-order valence-electron chi connectivity index (χ4n) is 2.05. The van der Waals surface area contributed by atoms with E-state index < -0.39 is 0 Å². The van der Waals surface area contributed by atoms with Crippen molar-refractivity contribution in [3.63, 3.8) is 0 Å². The van der Waals surface area contributed by atoms with Crippen LogP contribution >= 0.6 is 0 Å². The Bertz CT molecular complexity index is 162. The zero-order valence-electron chi connectivity index (χ0n) is 12.5. The summed E-state index contributed by atoms with van der Waals surface area (Å²) in [6.45, 7) is 13.1. The molecule has 0 aliphatic rings. The summed E-state index contributed by atoms with van der Waals surface area (Å²) in [5, 5.41) is 3.46. The number of hydrogen-bond donors (Lipinski definition) is 1. The maximum atomic E-state index is 5.15. The van der Waals surface area contributed by atoms with E-state index in [4.69, 9.17) is 4.74 Å². The topological polar surface area (TPSA) is 24.5 Å². The molecular formula is C14H32N2O. The number of nitrogens with one attached hydrogen (secondary N) is 1. The van der Waals surface area contributed by atoms with Crippen molar-refractivity contribution in [3.05, 3.63) is 0 Å². The molecule has 0 saturated heterocycles. The Labute approximate surface area is 108 Å². The molecule has 0 saturated carbocycles. The van der Waals surface area contributed by atoms with E-state index in [1.165, 1.54) is 25.8 Å². The molecule has 104 valence electrons. The summed E-state index contributed by atoms with van der Waals surface area (Å²) in [7, 11) is 1.77. The molecule has 0 aliphatic carbocycles. The van der Waals surface area contributed by atoms with Crippen molar-refractivity contribution in [2.45, 2.75) is 59.0 Å². The lowest BCUT2D eigenvalue weighted by atomic mass is 10.1. The predicted octanol–water partition coefficient (Wildman–Crippen LogP) is 2.51. The Morgan fingerprint density at radius 1 is 1.12 bits per heavy atom. The van der Waals surface area contributed by atoms with Gasteiger partial charge in [-0.15, -0.1) is 0 Å². The number of unbranched alkanes of at least 4 members (excludes halogenated alkanes) is 1. The molecule has 0 heterocycles. The first kappa shape index (κ1) is 16.9. The smallest absolute Gasteiger partial charge is 0.0589 e. The third-order valence-corrected chi connectivity index (χ3v) is 3.20. The SMILES string of the molecule is CCNC(C)CCCCN(CCOC)C(C)C. The molecular weight excluding hydrogens is 212 g/mol. The molecule has 3 nitrogen and oxygen atoms in total. The Balaban J connectivity index is 3.60. The van der Waals surface area contributed by atoms with E-state index in [-0.39, 0.29) is 0 Å². The van der Waals surface area contributed by atoms with Crippen molar-refractivity contribution in [1.82, 2.24) is 10.2 Å². The largest absolute Gasteiger partial charge is 0.383 e. The van der Waals surface area contributed by atoms with E-state index in [0.717, 1.165) is 19.7 Å². The fraction of sp³-hybridized carbons (Fsp3) is 1.00. The van der Waals surface area contributed by atoms with Crippen molar-refractivity contribution < 1.29 is 4.74 Å². The summed E-state index contributed by atoms with van der Waals surface area (Å²) in [6.07, 6.45) is 3.88. The van der Waals surface area contributed by atoms with Gasteiger partial charge < -0.3 is 10.1 Å². The molecule has 0 rings (SSSR count). The van der Waals surface area contributed by atoms with Crippen molar-refractivity contribution in [3.8, 4) is 0 Å². The molecule has 0 aliphatic heterocycles. The highest BCUT2D eigenvalue weighted by Gasteiger charge is 2.08. The van der Waals surface area contributed by atoms with E-state index in [0.29, 0.717) is 12.1 Å². The lowest BCUT2D eigenvalue weighted by Crippen LogP contribution is -2.34. The monoisotopic (exact) mass is 244 g/mol. The lowest BCUT2D eigenvalue weighted by Gasteiger charge is -2.26. The van der Waals surface area contributed by atoms with Gasteiger partial charge in [-0.2, -0.15) is 0 Å². The Morgan fingerprint density at radius 2 is 1.82 bits per heavy atom. The van der Waals surface area contributed by atoms with Crippen molar-refractivity contribution in [2.75, 3.05) is 33.4 Å². The van der Waals surface area contributed by atoms with Gasteiger partial charge in [0.05, 0.1) is 6.61 Å². The van der Waals surface area contributed by atoms with Crippen LogP contribution in [0.25, 0.3) is 0 Å². The molecule has 1 atom stereocenters. The molecule has 3 heteroatoms. The molecule has 1 unspecified atom stereocenters. The normalized spacial score (nSPS) is 13.6. The van der Waals surface area contributed by atoms with Crippen LogP contribution in [-0.4, -0.2) is 50.3 Å². The summed E-state index contributed by atoms with van der Waals surface area (Å²) in [5.74, 6) is 0. The molecule has 0 amide bonds. The van der Waals surface area contributed by atoms with E-state index in [1.807, 2.05) is 0 Å². The Morgan fingerprint density at radius 3 is 2.35 bits per heavy atom. The summed E-state index contributed by atoms with van der Waals surface area (Å²) in [4.78, 5) is 2.50. The van der Waals surface area contributed by atoms with Gasteiger partial charge >= 0.3 is 0 Å². The van der Waals surface area contributed by atoms with Crippen LogP contribution < -0.4 is 5.32 Å². The van der Waals surface area contributed by atoms with Crippen molar-refractivity contribution in [2.24, 2.45) is 0 Å². The van der Waals surface area contributed by atoms with E-state index in [9.17, 15) is 0 Å². The van der Waals surface area contributed by atoms with Crippen LogP contribution in [-0.2, 0) is 4.74 Å². The van der Waals surface area contributed by atoms with Crippen LogP contribution in [0.1, 0.15) is 47.0 Å². The second-order valence-corrected chi connectivity index (χ2v) is 5.08. The number of ether oxygens (including phenoxy) is 1. The summed E-state index contributed by atoms with van der Waals surface area (Å²) < 4.78 is 5.15. The molecule has 1 N–H and O–H groups in total. The quantitative estimate of drug-likeness (QED) is 0.565. The second kappa shape index (κ2) is 11.0. The maximum Gasteiger partial charge on any atom is 0.0589 e. The molecule has 0 radical (unpaired) electrons. The van der Waals surface area contributed by atoms with Gasteiger partial charge in [0.15, 0.2) is 0 Å². The van der Waals surface area contributed by atoms with Crippen LogP contribution in [0.2, 0.25) is 0 Å². The third kappa shape index (κ3) is 9.57. The zero-order chi connectivity index (χ0) is 13.1. The first-order valence-electron chi connectivity index (χ1n) is 7.08. The molecule has 0 aromatic heterocycles. The van der Waals surface area contributed by atoms with E-state index in [1.54, 1.807) is 7.11 Å². The van der Waals surface area contributed by atoms with Crippen molar-refractivity contribution in [1.29, 1.82) is 0 Å². The van der Waals surface area contributed by atoms with Gasteiger partial charge in [0.25, 0.3) is 0 Å². The number of methoxy groups -OCH3 is 1. The minimum absolute atomic E-state index is 0.622. The molecule has 0 aromatic rings. The first-order chi connectivity index (χ1) is 8.11. The highest BCUT2D eigenvalue weighted by molar-refractivity contribution is 4.64. The highest BCUT2D eigenvalue weighted by atomic mass is 16.5. The van der Waals surface area contributed by atoms with Crippen LogP contribution in [0.15, 0.2) is 0 Å². The van der Waals surface area contributed by atoms with Gasteiger partial charge in [-0.1, -0.05) is 13.3 Å². The van der Waals surface area contributed by atoms with Crippen molar-refractivity contribution >= 4 is 0 Å². The molecule has 17 heavy (non-hydrogen) atoms. The predicted molar refractivity (Wildman–Crippen MR) is 75.6 cm³/mol. The highest BCUT2D eigenvalue weighted by Crippen LogP contribution is 2.05. The van der Waals surface area contributed by atoms with Gasteiger partial charge in [-0.3, -0.25) is 4.90 Å². The van der Waals surface area contributed by atoms with Crippen LogP contribution in [0.4, 0.5) is 0 Å². The first-order valence-corrected chi connectivity index (χ1v) is 7.08. The fourth-order valence-corrected chi connectivity index (χ4v) is 2.05. The van der Waals surface area contributed by atoms with Gasteiger partial charge in [-0.25, -0.2) is 0 Å². The molecule has 0 bridgehead atoms. The molecule has 0 aromatic carbocycles. The van der Waals surface area contributed by atoms with Crippen LogP contribution in [0.5, 0.6) is 0 Å². The number of nitrogens with zero attached hydrogens (tertiary/aromatic N) is 1. The lowest BCUT2D eigenvalue weighted by molar-refractivity contribution is 0.128. The Kier molecular flexibility index (Phi) is 10.9. The van der Waals surface area contributed by atoms with E-state index in [2.05, 4.69) is 37.9 Å². The number of hydrogen-bond acceptors (Lipinski definition) is 3. The second-order valence-electron chi connectivity index (χ2n) is 5.08. The average molecular weight is 244 g/mol. The minimum Gasteiger partial charge on any atom is -0.383 e. The van der Waals surface area contributed by atoms with Gasteiger partial charge in [0.1, 0.15) is 0 Å². The Hall–Kier alpha value is -0.120. The van der Waals surface area contributed by atoms with Gasteiger partial charge in [0, 0.05) is 25.7 Å². The summed E-state index contributed by atoms with van der Waals surface area (Å²) in [5.41, 5.74) is 0. The zero-order valence-corrected chi connectivity index (χ0v) is 12.5. The van der Waals surface area contributed by atoms with Gasteiger partial charge in [0.2, 0.25) is 0 Å². The third-order valence-electron chi connectivity index (χ3n) is 3.20. The minimum atomic E-state index is 0.622.